The third kappa shape index (κ3) is 3.67. The van der Waals surface area contributed by atoms with Crippen molar-refractivity contribution >= 4 is 46.3 Å². The van der Waals surface area contributed by atoms with Crippen LogP contribution >= 0.6 is 23.2 Å². The summed E-state index contributed by atoms with van der Waals surface area (Å²) < 4.78 is 6.07. The quantitative estimate of drug-likeness (QED) is 0.477. The molecular formula is C19H15Cl2N5O. The number of fused-ring (bicyclic) bond motifs is 1. The summed E-state index contributed by atoms with van der Waals surface area (Å²) in [6.07, 6.45) is 10.2. The number of aromatic nitrogens is 5. The van der Waals surface area contributed by atoms with Gasteiger partial charge in [0.15, 0.2) is 0 Å². The Morgan fingerprint density at radius 1 is 1.11 bits per heavy atom. The van der Waals surface area contributed by atoms with E-state index in [0.717, 1.165) is 22.2 Å². The summed E-state index contributed by atoms with van der Waals surface area (Å²) in [6.45, 7) is 1.90. The summed E-state index contributed by atoms with van der Waals surface area (Å²) in [7, 11) is 0. The van der Waals surface area contributed by atoms with Gasteiger partial charge < -0.3 is 4.74 Å². The van der Waals surface area contributed by atoms with Crippen LogP contribution in [0.2, 0.25) is 10.0 Å². The summed E-state index contributed by atoms with van der Waals surface area (Å²) in [4.78, 5) is 3.97. The van der Waals surface area contributed by atoms with Gasteiger partial charge in [-0.3, -0.25) is 15.2 Å². The van der Waals surface area contributed by atoms with Crippen molar-refractivity contribution in [1.82, 2.24) is 25.4 Å². The molecule has 136 valence electrons. The highest BCUT2D eigenvalue weighted by molar-refractivity contribution is 6.35. The van der Waals surface area contributed by atoms with Crippen molar-refractivity contribution in [2.75, 3.05) is 0 Å². The Kier molecular flexibility index (Phi) is 4.83. The van der Waals surface area contributed by atoms with Gasteiger partial charge in [0.25, 0.3) is 0 Å². The molecule has 8 heteroatoms. The lowest BCUT2D eigenvalue weighted by atomic mass is 10.1. The molecule has 0 fully saturated rings. The van der Waals surface area contributed by atoms with Crippen molar-refractivity contribution < 1.29 is 4.74 Å². The topological polar surface area (TPSA) is 79.5 Å². The van der Waals surface area contributed by atoms with E-state index in [4.69, 9.17) is 27.9 Å². The molecule has 27 heavy (non-hydrogen) atoms. The van der Waals surface area contributed by atoms with Gasteiger partial charge in [-0.05, 0) is 37.3 Å². The Hall–Kier alpha value is -2.83. The first-order valence-corrected chi connectivity index (χ1v) is 8.98. The van der Waals surface area contributed by atoms with E-state index in [1.807, 2.05) is 43.5 Å². The zero-order chi connectivity index (χ0) is 18.8. The minimum absolute atomic E-state index is 0.331. The first-order chi connectivity index (χ1) is 13.1. The van der Waals surface area contributed by atoms with Gasteiger partial charge in [0.2, 0.25) is 0 Å². The second kappa shape index (κ2) is 7.42. The van der Waals surface area contributed by atoms with Crippen molar-refractivity contribution in [3.63, 3.8) is 0 Å². The standard InChI is InChI=1S/C19H15Cl2N5O/c1-11(19-15(20)9-22-10-16(19)21)27-13-3-5-18-14(6-13)17(25-26-18)4-2-12-7-23-24-8-12/h2-11H,1H3,(H,23,24)(H,25,26). The van der Waals surface area contributed by atoms with Crippen LogP contribution in [0.5, 0.6) is 5.75 Å². The fourth-order valence-corrected chi connectivity index (χ4v) is 3.49. The minimum atomic E-state index is -0.331. The number of pyridine rings is 1. The minimum Gasteiger partial charge on any atom is -0.486 e. The van der Waals surface area contributed by atoms with Crippen LogP contribution in [0.3, 0.4) is 0 Å². The van der Waals surface area contributed by atoms with E-state index < -0.39 is 0 Å². The van der Waals surface area contributed by atoms with Gasteiger partial charge in [0.05, 0.1) is 27.5 Å². The van der Waals surface area contributed by atoms with Crippen LogP contribution in [0.4, 0.5) is 0 Å². The number of halogens is 2. The molecular weight excluding hydrogens is 385 g/mol. The molecule has 0 aliphatic heterocycles. The maximum atomic E-state index is 6.22. The maximum Gasteiger partial charge on any atom is 0.124 e. The van der Waals surface area contributed by atoms with E-state index in [1.165, 1.54) is 0 Å². The molecule has 1 unspecified atom stereocenters. The lowest BCUT2D eigenvalue weighted by Crippen LogP contribution is -2.05. The zero-order valence-electron chi connectivity index (χ0n) is 14.3. The highest BCUT2D eigenvalue weighted by Gasteiger charge is 2.16. The van der Waals surface area contributed by atoms with Gasteiger partial charge in [0.1, 0.15) is 11.9 Å². The number of H-pyrrole nitrogens is 2. The van der Waals surface area contributed by atoms with Crippen molar-refractivity contribution in [2.24, 2.45) is 0 Å². The number of nitrogens with one attached hydrogen (secondary N) is 2. The first kappa shape index (κ1) is 17.6. The molecule has 0 radical (unpaired) electrons. The number of aromatic amines is 2. The molecule has 0 amide bonds. The molecule has 3 heterocycles. The van der Waals surface area contributed by atoms with Crippen LogP contribution in [-0.2, 0) is 0 Å². The second-order valence-corrected chi connectivity index (χ2v) is 6.77. The van der Waals surface area contributed by atoms with Gasteiger partial charge >= 0.3 is 0 Å². The van der Waals surface area contributed by atoms with Gasteiger partial charge in [0, 0.05) is 35.1 Å². The third-order valence-electron chi connectivity index (χ3n) is 4.13. The number of hydrogen-bond acceptors (Lipinski definition) is 4. The molecule has 3 aromatic heterocycles. The molecule has 4 aromatic rings. The van der Waals surface area contributed by atoms with E-state index in [-0.39, 0.29) is 6.10 Å². The van der Waals surface area contributed by atoms with Crippen LogP contribution in [0.25, 0.3) is 23.1 Å². The number of ether oxygens (including phenoxy) is 1. The number of rotatable bonds is 5. The summed E-state index contributed by atoms with van der Waals surface area (Å²) >= 11 is 12.4. The molecule has 0 spiro atoms. The monoisotopic (exact) mass is 399 g/mol. The summed E-state index contributed by atoms with van der Waals surface area (Å²) in [6, 6.07) is 5.74. The Morgan fingerprint density at radius 2 is 1.93 bits per heavy atom. The average molecular weight is 400 g/mol. The van der Waals surface area contributed by atoms with E-state index in [2.05, 4.69) is 25.4 Å². The summed E-state index contributed by atoms with van der Waals surface area (Å²) in [5.41, 5.74) is 3.40. The molecule has 4 rings (SSSR count). The van der Waals surface area contributed by atoms with E-state index >= 15 is 0 Å². The van der Waals surface area contributed by atoms with Gasteiger partial charge in [-0.2, -0.15) is 10.2 Å². The lowest BCUT2D eigenvalue weighted by molar-refractivity contribution is 0.227. The zero-order valence-corrected chi connectivity index (χ0v) is 15.8. The normalized spacial score (nSPS) is 12.7. The number of benzene rings is 1. The molecule has 0 bridgehead atoms. The predicted molar refractivity (Wildman–Crippen MR) is 107 cm³/mol. The Morgan fingerprint density at radius 3 is 2.67 bits per heavy atom. The lowest BCUT2D eigenvalue weighted by Gasteiger charge is -2.17. The van der Waals surface area contributed by atoms with Crippen LogP contribution in [0, 0.1) is 0 Å². The predicted octanol–water partition coefficient (Wildman–Crippen LogP) is 5.30. The van der Waals surface area contributed by atoms with Gasteiger partial charge in [-0.15, -0.1) is 0 Å². The first-order valence-electron chi connectivity index (χ1n) is 8.22. The summed E-state index contributed by atoms with van der Waals surface area (Å²) in [5, 5.41) is 16.0. The Bertz CT molecular complexity index is 1080. The highest BCUT2D eigenvalue weighted by Crippen LogP contribution is 2.33. The number of hydrogen-bond donors (Lipinski definition) is 2. The second-order valence-electron chi connectivity index (χ2n) is 5.96. The van der Waals surface area contributed by atoms with Crippen molar-refractivity contribution in [3.05, 3.63) is 69.9 Å². The molecule has 0 saturated heterocycles. The maximum absolute atomic E-state index is 6.22. The molecule has 1 atom stereocenters. The molecule has 1 aromatic carbocycles. The Labute approximate surface area is 165 Å². The summed E-state index contributed by atoms with van der Waals surface area (Å²) in [5.74, 6) is 0.693. The number of nitrogens with zero attached hydrogens (tertiary/aromatic N) is 3. The van der Waals surface area contributed by atoms with Crippen molar-refractivity contribution in [1.29, 1.82) is 0 Å². The largest absolute Gasteiger partial charge is 0.486 e. The van der Waals surface area contributed by atoms with E-state index in [0.29, 0.717) is 21.4 Å². The Balaban J connectivity index is 1.62. The molecule has 0 saturated carbocycles. The van der Waals surface area contributed by atoms with Crippen LogP contribution in [0.15, 0.2) is 43.0 Å². The van der Waals surface area contributed by atoms with E-state index in [9.17, 15) is 0 Å². The van der Waals surface area contributed by atoms with Gasteiger partial charge in [-0.25, -0.2) is 0 Å². The molecule has 0 aliphatic rings. The average Bonchev–Trinajstić information content (AvgIpc) is 3.29. The van der Waals surface area contributed by atoms with Crippen LogP contribution in [0.1, 0.15) is 29.8 Å². The molecule has 0 aliphatic carbocycles. The highest BCUT2D eigenvalue weighted by atomic mass is 35.5. The van der Waals surface area contributed by atoms with Crippen molar-refractivity contribution in [2.45, 2.75) is 13.0 Å². The fraction of sp³-hybridized carbons (Fsp3) is 0.105. The van der Waals surface area contributed by atoms with E-state index in [1.54, 1.807) is 18.6 Å². The smallest absolute Gasteiger partial charge is 0.124 e. The van der Waals surface area contributed by atoms with Gasteiger partial charge in [-0.1, -0.05) is 23.2 Å². The fourth-order valence-electron chi connectivity index (χ4n) is 2.81. The SMILES string of the molecule is CC(Oc1ccc2[nH]nc(C=Cc3cn[nH]c3)c2c1)c1c(Cl)cncc1Cl. The van der Waals surface area contributed by atoms with Crippen LogP contribution in [-0.4, -0.2) is 25.4 Å². The van der Waals surface area contributed by atoms with Crippen molar-refractivity contribution in [3.8, 4) is 5.75 Å². The van der Waals surface area contributed by atoms with Crippen LogP contribution < -0.4 is 4.74 Å². The third-order valence-corrected chi connectivity index (χ3v) is 4.73. The molecule has 2 N–H and O–H groups in total. The molecule has 6 nitrogen and oxygen atoms in total.